The van der Waals surface area contributed by atoms with Crippen LogP contribution in [0.5, 0.6) is 0 Å². The minimum absolute atomic E-state index is 0.0126. The zero-order valence-corrected chi connectivity index (χ0v) is 15.5. The quantitative estimate of drug-likeness (QED) is 0.733. The van der Waals surface area contributed by atoms with Gasteiger partial charge in [-0.25, -0.2) is 0 Å². The predicted octanol–water partition coefficient (Wildman–Crippen LogP) is 4.11. The number of hydrogen-bond donors (Lipinski definition) is 0. The Bertz CT molecular complexity index is 690. The average Bonchev–Trinajstić information content (AvgIpc) is 3.04. The van der Waals surface area contributed by atoms with Crippen LogP contribution in [0.15, 0.2) is 24.4 Å². The smallest absolute Gasteiger partial charge is 0.133 e. The molecule has 0 saturated heterocycles. The van der Waals surface area contributed by atoms with Gasteiger partial charge in [-0.15, -0.1) is 5.10 Å². The molecule has 4 heteroatoms. The molecular formula is C20H29N3O. The number of carbonyl (C=O) groups is 1. The van der Waals surface area contributed by atoms with Gasteiger partial charge < -0.3 is 0 Å². The van der Waals surface area contributed by atoms with E-state index < -0.39 is 0 Å². The van der Waals surface area contributed by atoms with Gasteiger partial charge in [0.1, 0.15) is 5.78 Å². The lowest BCUT2D eigenvalue weighted by atomic mass is 9.80. The number of rotatable bonds is 8. The third-order valence-electron chi connectivity index (χ3n) is 5.05. The van der Waals surface area contributed by atoms with Crippen molar-refractivity contribution < 1.29 is 4.79 Å². The molecule has 0 bridgehead atoms. The summed E-state index contributed by atoms with van der Waals surface area (Å²) in [5.74, 6) is 0.481. The largest absolute Gasteiger partial charge is 0.300 e. The summed E-state index contributed by atoms with van der Waals surface area (Å²) in [6.45, 7) is 10.9. The van der Waals surface area contributed by atoms with Crippen LogP contribution in [-0.4, -0.2) is 20.8 Å². The van der Waals surface area contributed by atoms with Gasteiger partial charge in [0.2, 0.25) is 0 Å². The van der Waals surface area contributed by atoms with Crippen LogP contribution in [0.2, 0.25) is 0 Å². The van der Waals surface area contributed by atoms with Crippen LogP contribution in [0.3, 0.4) is 0 Å². The molecule has 2 aromatic rings. The van der Waals surface area contributed by atoms with Crippen molar-refractivity contribution in [3.63, 3.8) is 0 Å². The highest BCUT2D eigenvalue weighted by molar-refractivity contribution is 5.79. The minimum atomic E-state index is 0.0126. The Kier molecular flexibility index (Phi) is 6.29. The Morgan fingerprint density at radius 1 is 1.29 bits per heavy atom. The fourth-order valence-corrected chi connectivity index (χ4v) is 3.20. The van der Waals surface area contributed by atoms with Crippen LogP contribution < -0.4 is 0 Å². The standard InChI is InChI=1S/C20H29N3O/c1-6-17-12-18(9-8-14(17)3)20(15(4)16(5)24)11-10-19-13-23(7-2)22-21-19/h8-9,12-13,15,20H,6-7,10-11H2,1-5H3. The fraction of sp³-hybridized carbons (Fsp3) is 0.550. The summed E-state index contributed by atoms with van der Waals surface area (Å²) < 4.78 is 1.85. The number of Topliss-reactive ketones (excluding diaryl/α,β-unsaturated/α-hetero) is 1. The summed E-state index contributed by atoms with van der Waals surface area (Å²) in [5, 5.41) is 8.34. The lowest BCUT2D eigenvalue weighted by Crippen LogP contribution is -2.18. The maximum atomic E-state index is 12.0. The van der Waals surface area contributed by atoms with E-state index in [4.69, 9.17) is 0 Å². The first-order chi connectivity index (χ1) is 11.5. The monoisotopic (exact) mass is 327 g/mol. The number of benzene rings is 1. The molecule has 2 atom stereocenters. The number of ketones is 1. The third-order valence-corrected chi connectivity index (χ3v) is 5.05. The molecule has 0 N–H and O–H groups in total. The molecular weight excluding hydrogens is 298 g/mol. The van der Waals surface area contributed by atoms with Crippen molar-refractivity contribution in [2.24, 2.45) is 5.92 Å². The van der Waals surface area contributed by atoms with Crippen molar-refractivity contribution in [3.8, 4) is 0 Å². The number of hydrogen-bond acceptors (Lipinski definition) is 3. The highest BCUT2D eigenvalue weighted by atomic mass is 16.1. The van der Waals surface area contributed by atoms with Crippen LogP contribution in [0, 0.1) is 12.8 Å². The maximum absolute atomic E-state index is 12.0. The highest BCUT2D eigenvalue weighted by Gasteiger charge is 2.23. The van der Waals surface area contributed by atoms with Gasteiger partial charge in [-0.05, 0) is 62.6 Å². The molecule has 2 rings (SSSR count). The van der Waals surface area contributed by atoms with E-state index in [1.807, 2.05) is 17.8 Å². The van der Waals surface area contributed by atoms with Gasteiger partial charge in [0.05, 0.1) is 5.69 Å². The Hall–Kier alpha value is -1.97. The zero-order valence-electron chi connectivity index (χ0n) is 15.5. The van der Waals surface area contributed by atoms with Gasteiger partial charge in [-0.1, -0.05) is 37.3 Å². The summed E-state index contributed by atoms with van der Waals surface area (Å²) in [4.78, 5) is 12.0. The zero-order chi connectivity index (χ0) is 17.7. The lowest BCUT2D eigenvalue weighted by molar-refractivity contribution is -0.120. The molecule has 2 unspecified atom stereocenters. The van der Waals surface area contributed by atoms with Gasteiger partial charge in [-0.3, -0.25) is 9.48 Å². The lowest BCUT2D eigenvalue weighted by Gasteiger charge is -2.23. The van der Waals surface area contributed by atoms with Crippen LogP contribution in [0.4, 0.5) is 0 Å². The molecule has 1 aromatic carbocycles. The van der Waals surface area contributed by atoms with Gasteiger partial charge in [0.25, 0.3) is 0 Å². The molecule has 0 aliphatic carbocycles. The third kappa shape index (κ3) is 4.31. The van der Waals surface area contributed by atoms with Crippen molar-refractivity contribution in [3.05, 3.63) is 46.8 Å². The Balaban J connectivity index is 2.22. The van der Waals surface area contributed by atoms with E-state index in [0.717, 1.165) is 31.5 Å². The average molecular weight is 327 g/mol. The van der Waals surface area contributed by atoms with Crippen LogP contribution in [-0.2, 0) is 24.2 Å². The molecule has 130 valence electrons. The Morgan fingerprint density at radius 3 is 2.62 bits per heavy atom. The summed E-state index contributed by atoms with van der Waals surface area (Å²) in [5.41, 5.74) is 4.95. The molecule has 0 radical (unpaired) electrons. The normalized spacial score (nSPS) is 13.7. The number of aryl methyl sites for hydroxylation is 4. The molecule has 1 heterocycles. The first-order valence-corrected chi connectivity index (χ1v) is 8.95. The number of aromatic nitrogens is 3. The van der Waals surface area contributed by atoms with E-state index >= 15 is 0 Å². The van der Waals surface area contributed by atoms with E-state index in [9.17, 15) is 4.79 Å². The molecule has 4 nitrogen and oxygen atoms in total. The second kappa shape index (κ2) is 8.22. The van der Waals surface area contributed by atoms with Crippen LogP contribution >= 0.6 is 0 Å². The van der Waals surface area contributed by atoms with E-state index in [0.29, 0.717) is 0 Å². The van der Waals surface area contributed by atoms with Crippen molar-refractivity contribution in [1.29, 1.82) is 0 Å². The van der Waals surface area contributed by atoms with Crippen LogP contribution in [0.25, 0.3) is 0 Å². The predicted molar refractivity (Wildman–Crippen MR) is 97.2 cm³/mol. The van der Waals surface area contributed by atoms with Gasteiger partial charge in [0.15, 0.2) is 0 Å². The SMILES string of the molecule is CCc1cc(C(CCc2cn(CC)nn2)C(C)C(C)=O)ccc1C. The molecule has 0 aliphatic heterocycles. The van der Waals surface area contributed by atoms with Gasteiger partial charge in [0, 0.05) is 18.7 Å². The van der Waals surface area contributed by atoms with Crippen molar-refractivity contribution >= 4 is 5.78 Å². The van der Waals surface area contributed by atoms with Crippen molar-refractivity contribution in [1.82, 2.24) is 15.0 Å². The van der Waals surface area contributed by atoms with Crippen LogP contribution in [0.1, 0.15) is 62.4 Å². The Labute approximate surface area is 145 Å². The molecule has 1 aromatic heterocycles. The number of nitrogens with zero attached hydrogens (tertiary/aromatic N) is 3. The first-order valence-electron chi connectivity index (χ1n) is 8.95. The minimum Gasteiger partial charge on any atom is -0.300 e. The molecule has 0 amide bonds. The molecule has 0 fully saturated rings. The Morgan fingerprint density at radius 2 is 2.04 bits per heavy atom. The summed E-state index contributed by atoms with van der Waals surface area (Å²) in [6.07, 6.45) is 4.78. The molecule has 0 aliphatic rings. The highest BCUT2D eigenvalue weighted by Crippen LogP contribution is 2.31. The second-order valence-electron chi connectivity index (χ2n) is 6.65. The topological polar surface area (TPSA) is 47.8 Å². The van der Waals surface area contributed by atoms with E-state index in [2.05, 4.69) is 49.3 Å². The summed E-state index contributed by atoms with van der Waals surface area (Å²) in [6, 6.07) is 6.64. The molecule has 0 saturated carbocycles. The van der Waals surface area contributed by atoms with E-state index in [-0.39, 0.29) is 17.6 Å². The van der Waals surface area contributed by atoms with Crippen molar-refractivity contribution in [2.75, 3.05) is 0 Å². The molecule has 24 heavy (non-hydrogen) atoms. The van der Waals surface area contributed by atoms with E-state index in [1.165, 1.54) is 16.7 Å². The summed E-state index contributed by atoms with van der Waals surface area (Å²) >= 11 is 0. The number of carbonyl (C=O) groups excluding carboxylic acids is 1. The fourth-order valence-electron chi connectivity index (χ4n) is 3.20. The first kappa shape index (κ1) is 18.4. The van der Waals surface area contributed by atoms with Gasteiger partial charge in [-0.2, -0.15) is 0 Å². The second-order valence-corrected chi connectivity index (χ2v) is 6.65. The van der Waals surface area contributed by atoms with Crippen molar-refractivity contribution in [2.45, 2.75) is 66.3 Å². The summed E-state index contributed by atoms with van der Waals surface area (Å²) in [7, 11) is 0. The molecule has 0 spiro atoms. The van der Waals surface area contributed by atoms with E-state index in [1.54, 1.807) is 6.92 Å². The maximum Gasteiger partial charge on any atom is 0.133 e. The van der Waals surface area contributed by atoms with Gasteiger partial charge >= 0.3 is 0 Å².